The van der Waals surface area contributed by atoms with Crippen molar-refractivity contribution < 1.29 is 9.53 Å². The average Bonchev–Trinajstić information content (AvgIpc) is 2.31. The van der Waals surface area contributed by atoms with E-state index in [1.807, 2.05) is 6.92 Å². The molecule has 0 aromatic rings. The summed E-state index contributed by atoms with van der Waals surface area (Å²) in [5.74, 6) is 0.318. The fraction of sp³-hybridized carbons (Fsp3) is 0.923. The molecule has 0 saturated heterocycles. The van der Waals surface area contributed by atoms with Crippen molar-refractivity contribution in [3.8, 4) is 0 Å². The van der Waals surface area contributed by atoms with Gasteiger partial charge in [0.2, 0.25) is 5.91 Å². The molecule has 4 heteroatoms. The van der Waals surface area contributed by atoms with E-state index < -0.39 is 5.54 Å². The first-order chi connectivity index (χ1) is 7.99. The topological polar surface area (TPSA) is 64.3 Å². The zero-order chi connectivity index (χ0) is 12.9. The molecule has 1 saturated carbocycles. The van der Waals surface area contributed by atoms with Crippen LogP contribution in [0, 0.1) is 5.92 Å². The van der Waals surface area contributed by atoms with Gasteiger partial charge in [0.05, 0.1) is 11.6 Å². The van der Waals surface area contributed by atoms with Gasteiger partial charge in [-0.05, 0) is 39.2 Å². The number of ether oxygens (including phenoxy) is 1. The van der Waals surface area contributed by atoms with Crippen LogP contribution in [0.5, 0.6) is 0 Å². The van der Waals surface area contributed by atoms with E-state index in [0.717, 1.165) is 6.42 Å². The zero-order valence-electron chi connectivity index (χ0n) is 11.3. The summed E-state index contributed by atoms with van der Waals surface area (Å²) in [7, 11) is 1.76. The molecule has 17 heavy (non-hydrogen) atoms. The maximum atomic E-state index is 11.3. The van der Waals surface area contributed by atoms with Gasteiger partial charge in [-0.1, -0.05) is 19.8 Å². The third-order valence-electron chi connectivity index (χ3n) is 4.06. The quantitative estimate of drug-likeness (QED) is 0.740. The van der Waals surface area contributed by atoms with Gasteiger partial charge in [0.1, 0.15) is 0 Å². The largest absolute Gasteiger partial charge is 0.378 e. The number of hydrogen-bond acceptors (Lipinski definition) is 3. The summed E-state index contributed by atoms with van der Waals surface area (Å²) in [5, 5.41) is 2.97. The Balaban J connectivity index is 2.33. The molecular formula is C13H26N2O2. The van der Waals surface area contributed by atoms with Crippen molar-refractivity contribution in [3.63, 3.8) is 0 Å². The highest BCUT2D eigenvalue weighted by Gasteiger charge is 2.29. The Labute approximate surface area is 104 Å². The highest BCUT2D eigenvalue weighted by molar-refractivity contribution is 5.84. The highest BCUT2D eigenvalue weighted by atomic mass is 16.5. The lowest BCUT2D eigenvalue weighted by Crippen LogP contribution is -2.52. The molecule has 0 aromatic carbocycles. The molecule has 1 amide bonds. The van der Waals surface area contributed by atoms with Gasteiger partial charge in [-0.2, -0.15) is 0 Å². The number of likely N-dealkylation sites (N-methyl/N-ethyl adjacent to an activating group) is 1. The molecule has 3 atom stereocenters. The van der Waals surface area contributed by atoms with Gasteiger partial charge in [0.15, 0.2) is 0 Å². The van der Waals surface area contributed by atoms with E-state index in [2.05, 4.69) is 12.2 Å². The molecule has 0 bridgehead atoms. The molecular weight excluding hydrogens is 216 g/mol. The maximum absolute atomic E-state index is 11.3. The van der Waals surface area contributed by atoms with E-state index in [9.17, 15) is 4.79 Å². The van der Waals surface area contributed by atoms with Gasteiger partial charge in [-0.3, -0.25) is 4.79 Å². The van der Waals surface area contributed by atoms with E-state index in [1.54, 1.807) is 7.05 Å². The van der Waals surface area contributed by atoms with Crippen LogP contribution in [0.2, 0.25) is 0 Å². The van der Waals surface area contributed by atoms with E-state index in [1.165, 1.54) is 19.3 Å². The Morgan fingerprint density at radius 3 is 2.65 bits per heavy atom. The number of amides is 1. The summed E-state index contributed by atoms with van der Waals surface area (Å²) < 4.78 is 5.90. The normalized spacial score (nSPS) is 28.6. The molecule has 4 nitrogen and oxygen atoms in total. The van der Waals surface area contributed by atoms with Crippen molar-refractivity contribution in [1.82, 2.24) is 5.32 Å². The Bertz CT molecular complexity index is 258. The molecule has 1 fully saturated rings. The average molecular weight is 242 g/mol. The summed E-state index contributed by atoms with van der Waals surface area (Å²) in [6.07, 6.45) is 5.96. The van der Waals surface area contributed by atoms with Crippen molar-refractivity contribution in [3.05, 3.63) is 0 Å². The first kappa shape index (κ1) is 14.5. The van der Waals surface area contributed by atoms with Gasteiger partial charge in [-0.15, -0.1) is 0 Å². The predicted molar refractivity (Wildman–Crippen MR) is 68.6 cm³/mol. The Morgan fingerprint density at radius 1 is 1.47 bits per heavy atom. The number of carbonyl (C=O) groups excluding carboxylic acids is 1. The zero-order valence-corrected chi connectivity index (χ0v) is 11.3. The highest BCUT2D eigenvalue weighted by Crippen LogP contribution is 2.26. The lowest BCUT2D eigenvalue weighted by atomic mass is 9.88. The van der Waals surface area contributed by atoms with Gasteiger partial charge in [-0.25, -0.2) is 0 Å². The molecule has 0 heterocycles. The number of carbonyl (C=O) groups is 1. The first-order valence-corrected chi connectivity index (χ1v) is 6.60. The number of hydrogen-bond donors (Lipinski definition) is 2. The number of nitrogens with two attached hydrogens (primary N) is 1. The minimum atomic E-state index is -0.655. The second-order valence-electron chi connectivity index (χ2n) is 5.37. The number of rotatable bonds is 6. The molecule has 100 valence electrons. The minimum Gasteiger partial charge on any atom is -0.378 e. The Morgan fingerprint density at radius 2 is 2.12 bits per heavy atom. The Kier molecular flexibility index (Phi) is 5.40. The first-order valence-electron chi connectivity index (χ1n) is 6.60. The van der Waals surface area contributed by atoms with Crippen LogP contribution in [-0.2, 0) is 9.53 Å². The number of primary amides is 1. The summed E-state index contributed by atoms with van der Waals surface area (Å²) >= 11 is 0. The molecule has 1 rings (SSSR count). The third-order valence-corrected chi connectivity index (χ3v) is 4.06. The number of nitrogens with one attached hydrogen (secondary N) is 1. The maximum Gasteiger partial charge on any atom is 0.237 e. The molecule has 0 spiro atoms. The van der Waals surface area contributed by atoms with E-state index in [0.29, 0.717) is 25.0 Å². The van der Waals surface area contributed by atoms with Crippen LogP contribution in [0.1, 0.15) is 46.0 Å². The molecule has 3 N–H and O–H groups in total. The van der Waals surface area contributed by atoms with Crippen molar-refractivity contribution in [2.75, 3.05) is 13.7 Å². The second kappa shape index (κ2) is 6.36. The van der Waals surface area contributed by atoms with Crippen LogP contribution in [0.25, 0.3) is 0 Å². The smallest absolute Gasteiger partial charge is 0.237 e. The standard InChI is InChI=1S/C13H26N2O2/c1-10-6-4-5-7-11(10)17-9-8-13(2,15-3)12(14)16/h10-11,15H,4-9H2,1-3H3,(H2,14,16). The van der Waals surface area contributed by atoms with Gasteiger partial charge < -0.3 is 15.8 Å². The molecule has 0 radical (unpaired) electrons. The lowest BCUT2D eigenvalue weighted by Gasteiger charge is -2.31. The molecule has 3 unspecified atom stereocenters. The fourth-order valence-electron chi connectivity index (χ4n) is 2.32. The monoisotopic (exact) mass is 242 g/mol. The van der Waals surface area contributed by atoms with E-state index >= 15 is 0 Å². The van der Waals surface area contributed by atoms with Crippen molar-refractivity contribution in [2.24, 2.45) is 11.7 Å². The van der Waals surface area contributed by atoms with Crippen LogP contribution in [0.15, 0.2) is 0 Å². The lowest BCUT2D eigenvalue weighted by molar-refractivity contribution is -0.124. The van der Waals surface area contributed by atoms with Crippen molar-refractivity contribution in [2.45, 2.75) is 57.6 Å². The van der Waals surface area contributed by atoms with Gasteiger partial charge >= 0.3 is 0 Å². The summed E-state index contributed by atoms with van der Waals surface area (Å²) in [6, 6.07) is 0. The summed E-state index contributed by atoms with van der Waals surface area (Å²) in [4.78, 5) is 11.3. The molecule has 0 aliphatic heterocycles. The van der Waals surface area contributed by atoms with Crippen LogP contribution in [-0.4, -0.2) is 31.2 Å². The van der Waals surface area contributed by atoms with Gasteiger partial charge in [0.25, 0.3) is 0 Å². The van der Waals surface area contributed by atoms with Crippen LogP contribution >= 0.6 is 0 Å². The summed E-state index contributed by atoms with van der Waals surface area (Å²) in [5.41, 5.74) is 4.72. The molecule has 1 aliphatic carbocycles. The van der Waals surface area contributed by atoms with Crippen molar-refractivity contribution >= 4 is 5.91 Å². The van der Waals surface area contributed by atoms with E-state index in [4.69, 9.17) is 10.5 Å². The molecule has 1 aliphatic rings. The van der Waals surface area contributed by atoms with E-state index in [-0.39, 0.29) is 5.91 Å². The fourth-order valence-corrected chi connectivity index (χ4v) is 2.32. The minimum absolute atomic E-state index is 0.319. The van der Waals surface area contributed by atoms with Crippen LogP contribution in [0.4, 0.5) is 0 Å². The van der Waals surface area contributed by atoms with Crippen LogP contribution < -0.4 is 11.1 Å². The second-order valence-corrected chi connectivity index (χ2v) is 5.37. The third kappa shape index (κ3) is 3.96. The SMILES string of the molecule is CNC(C)(CCOC1CCCCC1C)C(N)=O. The van der Waals surface area contributed by atoms with Gasteiger partial charge in [0, 0.05) is 6.61 Å². The van der Waals surface area contributed by atoms with Crippen molar-refractivity contribution in [1.29, 1.82) is 0 Å². The predicted octanol–water partition coefficient (Wildman–Crippen LogP) is 1.44. The van der Waals surface area contributed by atoms with Crippen LogP contribution in [0.3, 0.4) is 0 Å². The molecule has 0 aromatic heterocycles. The Hall–Kier alpha value is -0.610. The summed E-state index contributed by atoms with van der Waals surface area (Å²) in [6.45, 7) is 4.66.